The van der Waals surface area contributed by atoms with Crippen LogP contribution in [-0.4, -0.2) is 10.1 Å². The van der Waals surface area contributed by atoms with Crippen molar-refractivity contribution in [1.29, 1.82) is 0 Å². The molecule has 1 aromatic carbocycles. The lowest BCUT2D eigenvalue weighted by Gasteiger charge is -2.10. The van der Waals surface area contributed by atoms with Gasteiger partial charge in [0.05, 0.1) is 11.8 Å². The molecule has 4 heteroatoms. The summed E-state index contributed by atoms with van der Waals surface area (Å²) < 4.78 is 6.59. The number of hydrogen-bond acceptors (Lipinski definition) is 3. The highest BCUT2D eigenvalue weighted by Gasteiger charge is 2.04. The Kier molecular flexibility index (Phi) is 4.93. The maximum absolute atomic E-state index is 9.70. The van der Waals surface area contributed by atoms with Gasteiger partial charge in [0.25, 0.3) is 0 Å². The number of halogens is 1. The van der Waals surface area contributed by atoms with Gasteiger partial charge in [0.2, 0.25) is 0 Å². The van der Waals surface area contributed by atoms with Crippen LogP contribution in [0.3, 0.4) is 0 Å². The van der Waals surface area contributed by atoms with Gasteiger partial charge in [-0.25, -0.2) is 0 Å². The summed E-state index contributed by atoms with van der Waals surface area (Å²) in [5, 5.41) is 9.70. The van der Waals surface area contributed by atoms with Crippen molar-refractivity contribution in [2.24, 2.45) is 0 Å². The molecule has 0 saturated heterocycles. The zero-order chi connectivity index (χ0) is 13.7. The first kappa shape index (κ1) is 14.0. The predicted octanol–water partition coefficient (Wildman–Crippen LogP) is 3.87. The van der Waals surface area contributed by atoms with Crippen molar-refractivity contribution < 1.29 is 9.84 Å². The van der Waals surface area contributed by atoms with Crippen LogP contribution in [0.15, 0.2) is 47.1 Å². The summed E-state index contributed by atoms with van der Waals surface area (Å²) in [4.78, 5) is 4.24. The minimum Gasteiger partial charge on any atom is -0.487 e. The molecule has 1 aromatic heterocycles. The third-order valence-electron chi connectivity index (χ3n) is 2.83. The van der Waals surface area contributed by atoms with Crippen LogP contribution in [0.4, 0.5) is 0 Å². The highest BCUT2D eigenvalue weighted by molar-refractivity contribution is 9.10. The van der Waals surface area contributed by atoms with Gasteiger partial charge in [0.15, 0.2) is 0 Å². The molecule has 1 atom stereocenters. The van der Waals surface area contributed by atoms with E-state index in [0.717, 1.165) is 21.5 Å². The van der Waals surface area contributed by atoms with E-state index >= 15 is 0 Å². The van der Waals surface area contributed by atoms with Crippen LogP contribution in [0.2, 0.25) is 0 Å². The maximum atomic E-state index is 9.70. The molecule has 2 aromatic rings. The molecule has 0 amide bonds. The Bertz CT molecular complexity index is 511. The average Bonchev–Trinajstić information content (AvgIpc) is 2.46. The number of rotatable bonds is 5. The lowest BCUT2D eigenvalue weighted by molar-refractivity contribution is 0.173. The molecule has 0 aliphatic heterocycles. The van der Waals surface area contributed by atoms with Crippen molar-refractivity contribution in [2.45, 2.75) is 26.1 Å². The van der Waals surface area contributed by atoms with Gasteiger partial charge < -0.3 is 9.84 Å². The molecule has 3 nitrogen and oxygen atoms in total. The fourth-order valence-electron chi connectivity index (χ4n) is 1.67. The van der Waals surface area contributed by atoms with Crippen LogP contribution in [0.25, 0.3) is 0 Å². The third kappa shape index (κ3) is 4.04. The van der Waals surface area contributed by atoms with Crippen molar-refractivity contribution in [2.75, 3.05) is 0 Å². The van der Waals surface area contributed by atoms with Gasteiger partial charge in [0.1, 0.15) is 12.4 Å². The normalized spacial score (nSPS) is 12.2. The number of nitrogens with zero attached hydrogens (tertiary/aromatic N) is 1. The molecule has 0 aliphatic carbocycles. The van der Waals surface area contributed by atoms with E-state index in [1.54, 1.807) is 6.20 Å². The molecule has 0 bridgehead atoms. The number of aliphatic hydroxyl groups is 1. The topological polar surface area (TPSA) is 42.4 Å². The van der Waals surface area contributed by atoms with Crippen molar-refractivity contribution >= 4 is 15.9 Å². The van der Waals surface area contributed by atoms with Gasteiger partial charge in [-0.2, -0.15) is 0 Å². The Morgan fingerprint density at radius 3 is 2.53 bits per heavy atom. The molecule has 0 unspecified atom stereocenters. The molecule has 0 radical (unpaired) electrons. The Morgan fingerprint density at radius 2 is 1.95 bits per heavy atom. The van der Waals surface area contributed by atoms with Crippen LogP contribution in [0.5, 0.6) is 5.75 Å². The number of aliphatic hydroxyl groups excluding tert-OH is 1. The van der Waals surface area contributed by atoms with E-state index in [9.17, 15) is 5.11 Å². The SMILES string of the molecule is CC[C@@H](O)c1ccc(OCc2ccc(Br)cn2)cc1. The summed E-state index contributed by atoms with van der Waals surface area (Å²) in [6.45, 7) is 2.39. The van der Waals surface area contributed by atoms with E-state index in [1.165, 1.54) is 0 Å². The first-order chi connectivity index (χ1) is 9.19. The number of pyridine rings is 1. The Hall–Kier alpha value is -1.39. The molecule has 19 heavy (non-hydrogen) atoms. The van der Waals surface area contributed by atoms with Crippen LogP contribution >= 0.6 is 15.9 Å². The lowest BCUT2D eigenvalue weighted by atomic mass is 10.1. The van der Waals surface area contributed by atoms with Crippen LogP contribution in [0, 0.1) is 0 Å². The summed E-state index contributed by atoms with van der Waals surface area (Å²) in [5.41, 5.74) is 1.79. The second-order valence-electron chi connectivity index (χ2n) is 4.25. The second kappa shape index (κ2) is 6.68. The third-order valence-corrected chi connectivity index (χ3v) is 3.30. The Balaban J connectivity index is 1.94. The van der Waals surface area contributed by atoms with Gasteiger partial charge in [-0.1, -0.05) is 19.1 Å². The highest BCUT2D eigenvalue weighted by Crippen LogP contribution is 2.20. The van der Waals surface area contributed by atoms with Crippen molar-refractivity contribution in [3.05, 3.63) is 58.3 Å². The van der Waals surface area contributed by atoms with E-state index < -0.39 is 6.10 Å². The standard InChI is InChI=1S/C15H16BrNO2/c1-2-15(18)11-3-7-14(8-4-11)19-10-13-6-5-12(16)9-17-13/h3-9,15,18H,2,10H2,1H3/t15-/m1/s1. The van der Waals surface area contributed by atoms with Gasteiger partial charge in [-0.3, -0.25) is 4.98 Å². The largest absolute Gasteiger partial charge is 0.487 e. The van der Waals surface area contributed by atoms with Crippen LogP contribution < -0.4 is 4.74 Å². The molecular weight excluding hydrogens is 306 g/mol. The molecule has 1 N–H and O–H groups in total. The fraction of sp³-hybridized carbons (Fsp3) is 0.267. The maximum Gasteiger partial charge on any atom is 0.130 e. The minimum atomic E-state index is -0.401. The molecule has 2 rings (SSSR count). The Labute approximate surface area is 121 Å². The molecule has 0 fully saturated rings. The molecule has 0 spiro atoms. The van der Waals surface area contributed by atoms with Crippen molar-refractivity contribution in [3.8, 4) is 5.75 Å². The smallest absolute Gasteiger partial charge is 0.130 e. The highest BCUT2D eigenvalue weighted by atomic mass is 79.9. The predicted molar refractivity (Wildman–Crippen MR) is 78.0 cm³/mol. The van der Waals surface area contributed by atoms with Crippen LogP contribution in [-0.2, 0) is 6.61 Å². The number of aromatic nitrogens is 1. The second-order valence-corrected chi connectivity index (χ2v) is 5.17. The quantitative estimate of drug-likeness (QED) is 0.909. The van der Waals surface area contributed by atoms with Gasteiger partial charge in [-0.15, -0.1) is 0 Å². The monoisotopic (exact) mass is 321 g/mol. The molecule has 100 valence electrons. The van der Waals surface area contributed by atoms with E-state index in [0.29, 0.717) is 13.0 Å². The first-order valence-corrected chi connectivity index (χ1v) is 6.99. The number of benzene rings is 1. The lowest BCUT2D eigenvalue weighted by Crippen LogP contribution is -1.99. The molecule has 0 aliphatic rings. The van der Waals surface area contributed by atoms with E-state index in [1.807, 2.05) is 43.3 Å². The van der Waals surface area contributed by atoms with Crippen molar-refractivity contribution in [3.63, 3.8) is 0 Å². The molecular formula is C15H16BrNO2. The summed E-state index contributed by atoms with van der Waals surface area (Å²) in [6, 6.07) is 11.4. The van der Waals surface area contributed by atoms with Crippen molar-refractivity contribution in [1.82, 2.24) is 4.98 Å². The summed E-state index contributed by atoms with van der Waals surface area (Å²) in [7, 11) is 0. The number of hydrogen-bond donors (Lipinski definition) is 1. The minimum absolute atomic E-state index is 0.401. The zero-order valence-corrected chi connectivity index (χ0v) is 12.3. The van der Waals surface area contributed by atoms with Gasteiger partial charge in [-0.05, 0) is 52.2 Å². The van der Waals surface area contributed by atoms with E-state index in [2.05, 4.69) is 20.9 Å². The summed E-state index contributed by atoms with van der Waals surface area (Å²) in [6.07, 6.45) is 2.06. The molecule has 0 saturated carbocycles. The average molecular weight is 322 g/mol. The number of ether oxygens (including phenoxy) is 1. The molecule has 1 heterocycles. The van der Waals surface area contributed by atoms with Crippen LogP contribution in [0.1, 0.15) is 30.7 Å². The van der Waals surface area contributed by atoms with E-state index in [-0.39, 0.29) is 0 Å². The summed E-state index contributed by atoms with van der Waals surface area (Å²) in [5.74, 6) is 0.775. The fourth-order valence-corrected chi connectivity index (χ4v) is 1.91. The Morgan fingerprint density at radius 1 is 1.21 bits per heavy atom. The van der Waals surface area contributed by atoms with Gasteiger partial charge >= 0.3 is 0 Å². The van der Waals surface area contributed by atoms with E-state index in [4.69, 9.17) is 4.74 Å². The zero-order valence-electron chi connectivity index (χ0n) is 10.7. The van der Waals surface area contributed by atoms with Gasteiger partial charge in [0, 0.05) is 10.7 Å². The first-order valence-electron chi connectivity index (χ1n) is 6.20. The summed E-state index contributed by atoms with van der Waals surface area (Å²) >= 11 is 3.34.